The SMILES string of the molecule is OC(CNc1ccccc1Br)COCC1CC1. The predicted octanol–water partition coefficient (Wildman–Crippen LogP) is 2.65. The first-order valence-electron chi connectivity index (χ1n) is 6.00. The molecule has 2 N–H and O–H groups in total. The third-order valence-electron chi connectivity index (χ3n) is 2.76. The van der Waals surface area contributed by atoms with Crippen molar-refractivity contribution in [1.29, 1.82) is 0 Å². The van der Waals surface area contributed by atoms with Gasteiger partial charge in [0.1, 0.15) is 0 Å². The molecule has 3 nitrogen and oxygen atoms in total. The summed E-state index contributed by atoms with van der Waals surface area (Å²) in [6.07, 6.45) is 2.11. The Kier molecular flexibility index (Phi) is 4.83. The Morgan fingerprint density at radius 1 is 1.41 bits per heavy atom. The molecule has 1 aromatic carbocycles. The van der Waals surface area contributed by atoms with Gasteiger partial charge in [-0.25, -0.2) is 0 Å². The van der Waals surface area contributed by atoms with Gasteiger partial charge in [0.2, 0.25) is 0 Å². The highest BCUT2D eigenvalue weighted by Gasteiger charge is 2.21. The summed E-state index contributed by atoms with van der Waals surface area (Å²) >= 11 is 3.45. The zero-order valence-electron chi connectivity index (χ0n) is 9.73. The van der Waals surface area contributed by atoms with Crippen molar-refractivity contribution < 1.29 is 9.84 Å². The minimum absolute atomic E-state index is 0.411. The van der Waals surface area contributed by atoms with Crippen molar-refractivity contribution >= 4 is 21.6 Å². The van der Waals surface area contributed by atoms with E-state index in [1.54, 1.807) is 0 Å². The number of ether oxygens (including phenoxy) is 1. The Morgan fingerprint density at radius 3 is 2.88 bits per heavy atom. The minimum Gasteiger partial charge on any atom is -0.389 e. The quantitative estimate of drug-likeness (QED) is 0.813. The maximum Gasteiger partial charge on any atom is 0.0945 e. The molecule has 0 bridgehead atoms. The second-order valence-corrected chi connectivity index (χ2v) is 5.35. The fourth-order valence-corrected chi connectivity index (χ4v) is 1.97. The highest BCUT2D eigenvalue weighted by Crippen LogP contribution is 2.28. The molecule has 17 heavy (non-hydrogen) atoms. The van der Waals surface area contributed by atoms with Gasteiger partial charge in [0.05, 0.1) is 12.7 Å². The number of hydrogen-bond donors (Lipinski definition) is 2. The van der Waals surface area contributed by atoms with E-state index in [4.69, 9.17) is 4.74 Å². The van der Waals surface area contributed by atoms with E-state index in [1.807, 2.05) is 24.3 Å². The van der Waals surface area contributed by atoms with E-state index in [1.165, 1.54) is 12.8 Å². The Hall–Kier alpha value is -0.580. The maximum atomic E-state index is 9.73. The molecule has 1 unspecified atom stereocenters. The van der Waals surface area contributed by atoms with Crippen LogP contribution in [0.1, 0.15) is 12.8 Å². The van der Waals surface area contributed by atoms with Crippen LogP contribution < -0.4 is 5.32 Å². The lowest BCUT2D eigenvalue weighted by Gasteiger charge is -2.14. The van der Waals surface area contributed by atoms with Crippen molar-refractivity contribution in [3.05, 3.63) is 28.7 Å². The molecule has 4 heteroatoms. The first-order valence-corrected chi connectivity index (χ1v) is 6.79. The van der Waals surface area contributed by atoms with Crippen LogP contribution in [0.15, 0.2) is 28.7 Å². The molecule has 1 atom stereocenters. The summed E-state index contributed by atoms with van der Waals surface area (Å²) in [4.78, 5) is 0. The van der Waals surface area contributed by atoms with E-state index in [-0.39, 0.29) is 0 Å². The second kappa shape index (κ2) is 6.38. The van der Waals surface area contributed by atoms with Crippen LogP contribution in [0.4, 0.5) is 5.69 Å². The summed E-state index contributed by atoms with van der Waals surface area (Å²) < 4.78 is 6.44. The van der Waals surface area contributed by atoms with Gasteiger partial charge < -0.3 is 15.2 Å². The summed E-state index contributed by atoms with van der Waals surface area (Å²) in [5.41, 5.74) is 0.994. The monoisotopic (exact) mass is 299 g/mol. The number of anilines is 1. The predicted molar refractivity (Wildman–Crippen MR) is 72.2 cm³/mol. The van der Waals surface area contributed by atoms with E-state index in [0.717, 1.165) is 22.7 Å². The van der Waals surface area contributed by atoms with Gasteiger partial charge in [0, 0.05) is 23.3 Å². The average molecular weight is 300 g/mol. The summed E-state index contributed by atoms with van der Waals surface area (Å²) in [5.74, 6) is 0.749. The molecule has 0 saturated heterocycles. The number of hydrogen-bond acceptors (Lipinski definition) is 3. The Labute approximate surface area is 110 Å². The normalized spacial score (nSPS) is 16.8. The molecule has 1 fully saturated rings. The van der Waals surface area contributed by atoms with Crippen molar-refractivity contribution in [1.82, 2.24) is 0 Å². The van der Waals surface area contributed by atoms with Gasteiger partial charge in [-0.2, -0.15) is 0 Å². The van der Waals surface area contributed by atoms with Crippen molar-refractivity contribution in [3.8, 4) is 0 Å². The van der Waals surface area contributed by atoms with Crippen LogP contribution >= 0.6 is 15.9 Å². The van der Waals surface area contributed by atoms with Gasteiger partial charge in [-0.1, -0.05) is 12.1 Å². The average Bonchev–Trinajstić information content (AvgIpc) is 3.12. The highest BCUT2D eigenvalue weighted by molar-refractivity contribution is 9.10. The standard InChI is InChI=1S/C13H18BrNO2/c14-12-3-1-2-4-13(12)15-7-11(16)9-17-8-10-5-6-10/h1-4,10-11,15-16H,5-9H2. The summed E-state index contributed by atoms with van der Waals surface area (Å²) in [6, 6.07) is 7.87. The number of aliphatic hydroxyl groups is 1. The van der Waals surface area contributed by atoms with Gasteiger partial charge in [0.15, 0.2) is 0 Å². The molecule has 0 spiro atoms. The van der Waals surface area contributed by atoms with Gasteiger partial charge >= 0.3 is 0 Å². The lowest BCUT2D eigenvalue weighted by atomic mass is 10.3. The molecule has 94 valence electrons. The maximum absolute atomic E-state index is 9.73. The summed E-state index contributed by atoms with van der Waals surface area (Å²) in [6.45, 7) is 1.72. The summed E-state index contributed by atoms with van der Waals surface area (Å²) in [7, 11) is 0. The first-order chi connectivity index (χ1) is 8.25. The molecule has 1 aliphatic carbocycles. The van der Waals surface area contributed by atoms with Gasteiger partial charge in [-0.3, -0.25) is 0 Å². The fourth-order valence-electron chi connectivity index (χ4n) is 1.55. The number of para-hydroxylation sites is 1. The van der Waals surface area contributed by atoms with E-state index in [9.17, 15) is 5.11 Å². The van der Waals surface area contributed by atoms with Crippen LogP contribution in [0.25, 0.3) is 0 Å². The van der Waals surface area contributed by atoms with E-state index < -0.39 is 6.10 Å². The van der Waals surface area contributed by atoms with E-state index in [2.05, 4.69) is 21.2 Å². The largest absolute Gasteiger partial charge is 0.389 e. The lowest BCUT2D eigenvalue weighted by molar-refractivity contribution is 0.0386. The molecule has 0 aromatic heterocycles. The smallest absolute Gasteiger partial charge is 0.0945 e. The lowest BCUT2D eigenvalue weighted by Crippen LogP contribution is -2.25. The molecular formula is C13H18BrNO2. The third-order valence-corrected chi connectivity index (χ3v) is 3.45. The third kappa shape index (κ3) is 4.66. The van der Waals surface area contributed by atoms with Crippen molar-refractivity contribution in [2.45, 2.75) is 18.9 Å². The number of benzene rings is 1. The second-order valence-electron chi connectivity index (χ2n) is 4.50. The Bertz CT molecular complexity index is 355. The molecule has 1 aromatic rings. The van der Waals surface area contributed by atoms with Crippen LogP contribution in [0.3, 0.4) is 0 Å². The van der Waals surface area contributed by atoms with Crippen molar-refractivity contribution in [3.63, 3.8) is 0 Å². The number of nitrogens with one attached hydrogen (secondary N) is 1. The number of halogens is 1. The molecule has 0 heterocycles. The first kappa shape index (κ1) is 12.9. The number of aliphatic hydroxyl groups excluding tert-OH is 1. The van der Waals surface area contributed by atoms with Gasteiger partial charge in [-0.05, 0) is 46.8 Å². The topological polar surface area (TPSA) is 41.5 Å². The van der Waals surface area contributed by atoms with Gasteiger partial charge in [0.25, 0.3) is 0 Å². The molecule has 2 rings (SSSR count). The van der Waals surface area contributed by atoms with E-state index in [0.29, 0.717) is 13.2 Å². The fraction of sp³-hybridized carbons (Fsp3) is 0.538. The van der Waals surface area contributed by atoms with Crippen LogP contribution in [-0.4, -0.2) is 31.0 Å². The molecular weight excluding hydrogens is 282 g/mol. The molecule has 0 amide bonds. The van der Waals surface area contributed by atoms with Gasteiger partial charge in [-0.15, -0.1) is 0 Å². The Morgan fingerprint density at radius 2 is 2.18 bits per heavy atom. The summed E-state index contributed by atoms with van der Waals surface area (Å²) in [5, 5.41) is 12.9. The number of rotatable bonds is 7. The van der Waals surface area contributed by atoms with Crippen molar-refractivity contribution in [2.24, 2.45) is 5.92 Å². The van der Waals surface area contributed by atoms with E-state index >= 15 is 0 Å². The molecule has 1 saturated carbocycles. The highest BCUT2D eigenvalue weighted by atomic mass is 79.9. The van der Waals surface area contributed by atoms with Crippen LogP contribution in [-0.2, 0) is 4.74 Å². The zero-order valence-corrected chi connectivity index (χ0v) is 11.3. The van der Waals surface area contributed by atoms with Crippen LogP contribution in [0.2, 0.25) is 0 Å². The van der Waals surface area contributed by atoms with Crippen molar-refractivity contribution in [2.75, 3.05) is 25.1 Å². The molecule has 0 aliphatic heterocycles. The Balaban J connectivity index is 1.64. The van der Waals surface area contributed by atoms with Crippen LogP contribution in [0, 0.1) is 5.92 Å². The molecule has 1 aliphatic rings. The zero-order chi connectivity index (χ0) is 12.1. The minimum atomic E-state index is -0.458. The van der Waals surface area contributed by atoms with Crippen LogP contribution in [0.5, 0.6) is 0 Å². The molecule has 0 radical (unpaired) electrons.